The van der Waals surface area contributed by atoms with E-state index >= 15 is 0 Å². The summed E-state index contributed by atoms with van der Waals surface area (Å²) < 4.78 is 5.06. The van der Waals surface area contributed by atoms with E-state index in [1.807, 2.05) is 0 Å². The van der Waals surface area contributed by atoms with Gasteiger partial charge in [-0.2, -0.15) is 0 Å². The molecule has 148 valence electrons. The molecule has 8 heteroatoms. The van der Waals surface area contributed by atoms with E-state index in [9.17, 15) is 25.2 Å². The molecule has 0 heterocycles. The Morgan fingerprint density at radius 3 is 2.32 bits per heavy atom. The van der Waals surface area contributed by atoms with E-state index < -0.39 is 12.0 Å². The maximum absolute atomic E-state index is 12.3. The first-order chi connectivity index (χ1) is 13.3. The second-order valence-corrected chi connectivity index (χ2v) is 6.36. The first kappa shape index (κ1) is 21.0. The van der Waals surface area contributed by atoms with E-state index in [0.29, 0.717) is 11.1 Å². The highest BCUT2D eigenvalue weighted by Gasteiger charge is 2.21. The fourth-order valence-corrected chi connectivity index (χ4v) is 2.61. The maximum Gasteiger partial charge on any atom is 0.328 e. The fraction of sp³-hybridized carbons (Fsp3) is 0.200. The summed E-state index contributed by atoms with van der Waals surface area (Å²) in [5.41, 5.74) is 1.21. The Labute approximate surface area is 167 Å². The van der Waals surface area contributed by atoms with Crippen molar-refractivity contribution in [1.82, 2.24) is 5.32 Å². The van der Waals surface area contributed by atoms with Crippen molar-refractivity contribution in [2.75, 3.05) is 6.61 Å². The predicted molar refractivity (Wildman–Crippen MR) is 108 cm³/mol. The van der Waals surface area contributed by atoms with Gasteiger partial charge < -0.3 is 30.5 Å². The van der Waals surface area contributed by atoms with Crippen LogP contribution in [0.15, 0.2) is 42.5 Å². The number of carbonyl (C=O) groups excluding carboxylic acids is 1. The molecule has 0 saturated heterocycles. The van der Waals surface area contributed by atoms with E-state index in [-0.39, 0.29) is 41.0 Å². The average Bonchev–Trinajstić information content (AvgIpc) is 2.65. The summed E-state index contributed by atoms with van der Waals surface area (Å²) in [5, 5.41) is 40.8. The molecule has 0 unspecified atom stereocenters. The standard InChI is InChI=1S/C20H21NO6S/c1-2-27-20(26)14(9-13-4-7-16(23)18(25)11-13)21-19(28)8-5-12-3-6-15(22)17(24)10-12/h3-8,10-11,14,22-25H,2,9H2,1H3,(H,21,28)/b8-5+/t14-/m1/s1. The lowest BCUT2D eigenvalue weighted by atomic mass is 10.1. The average molecular weight is 403 g/mol. The number of benzene rings is 2. The Kier molecular flexibility index (Phi) is 7.22. The Balaban J connectivity index is 2.11. The molecule has 0 aliphatic carbocycles. The van der Waals surface area contributed by atoms with Gasteiger partial charge >= 0.3 is 5.97 Å². The van der Waals surface area contributed by atoms with Gasteiger partial charge in [0, 0.05) is 6.42 Å². The van der Waals surface area contributed by atoms with Crippen LogP contribution < -0.4 is 5.32 Å². The highest BCUT2D eigenvalue weighted by molar-refractivity contribution is 7.80. The number of hydrogen-bond donors (Lipinski definition) is 5. The van der Waals surface area contributed by atoms with Crippen LogP contribution in [0.2, 0.25) is 0 Å². The van der Waals surface area contributed by atoms with Crippen LogP contribution in [0, 0.1) is 0 Å². The molecule has 0 aliphatic rings. The molecule has 1 atom stereocenters. The second kappa shape index (κ2) is 9.61. The van der Waals surface area contributed by atoms with Crippen molar-refractivity contribution in [1.29, 1.82) is 0 Å². The molecule has 0 fully saturated rings. The number of carbonyl (C=O) groups is 1. The molecule has 0 amide bonds. The first-order valence-electron chi connectivity index (χ1n) is 8.48. The van der Waals surface area contributed by atoms with Crippen LogP contribution in [0.1, 0.15) is 18.1 Å². The van der Waals surface area contributed by atoms with Gasteiger partial charge in [0.25, 0.3) is 0 Å². The number of phenolic OH excluding ortho intramolecular Hbond substituents is 4. The van der Waals surface area contributed by atoms with Crippen LogP contribution in [0.4, 0.5) is 0 Å². The normalized spacial score (nSPS) is 11.9. The van der Waals surface area contributed by atoms with E-state index in [4.69, 9.17) is 17.0 Å². The molecule has 0 aliphatic heterocycles. The van der Waals surface area contributed by atoms with Crippen molar-refractivity contribution in [2.24, 2.45) is 0 Å². The smallest absolute Gasteiger partial charge is 0.328 e. The molecule has 28 heavy (non-hydrogen) atoms. The number of nitrogens with one attached hydrogen (secondary N) is 1. The summed E-state index contributed by atoms with van der Waals surface area (Å²) in [5.74, 6) is -1.52. The lowest BCUT2D eigenvalue weighted by Gasteiger charge is -2.18. The Morgan fingerprint density at radius 1 is 1.07 bits per heavy atom. The zero-order valence-corrected chi connectivity index (χ0v) is 15.9. The van der Waals surface area contributed by atoms with Crippen molar-refractivity contribution < 1.29 is 30.0 Å². The number of phenols is 4. The van der Waals surface area contributed by atoms with Gasteiger partial charge in [-0.05, 0) is 48.4 Å². The molecule has 2 aromatic rings. The van der Waals surface area contributed by atoms with Gasteiger partial charge in [0.1, 0.15) is 6.04 Å². The molecular formula is C20H21NO6S. The SMILES string of the molecule is CCOC(=O)[C@@H](Cc1ccc(O)c(O)c1)NC(=S)/C=C/c1ccc(O)c(O)c1. The summed E-state index contributed by atoms with van der Waals surface area (Å²) in [7, 11) is 0. The molecule has 7 nitrogen and oxygen atoms in total. The highest BCUT2D eigenvalue weighted by atomic mass is 32.1. The third-order valence-electron chi connectivity index (χ3n) is 3.79. The van der Waals surface area contributed by atoms with Crippen LogP contribution in [-0.2, 0) is 16.0 Å². The van der Waals surface area contributed by atoms with E-state index in [1.54, 1.807) is 31.2 Å². The second-order valence-electron chi connectivity index (χ2n) is 5.92. The van der Waals surface area contributed by atoms with Crippen LogP contribution in [0.25, 0.3) is 6.08 Å². The number of esters is 1. The molecule has 2 aromatic carbocycles. The first-order valence-corrected chi connectivity index (χ1v) is 8.89. The molecule has 0 aromatic heterocycles. The maximum atomic E-state index is 12.3. The largest absolute Gasteiger partial charge is 0.504 e. The van der Waals surface area contributed by atoms with Gasteiger partial charge in [-0.25, -0.2) is 4.79 Å². The van der Waals surface area contributed by atoms with Gasteiger partial charge in [-0.15, -0.1) is 0 Å². The molecule has 0 spiro atoms. The number of hydrogen-bond acceptors (Lipinski definition) is 7. The predicted octanol–water partition coefficient (Wildman–Crippen LogP) is 2.61. The van der Waals surface area contributed by atoms with Crippen LogP contribution >= 0.6 is 12.2 Å². The topological polar surface area (TPSA) is 119 Å². The van der Waals surface area contributed by atoms with Gasteiger partial charge in [0.05, 0.1) is 11.6 Å². The molecular weight excluding hydrogens is 382 g/mol. The molecule has 2 rings (SSSR count). The summed E-state index contributed by atoms with van der Waals surface area (Å²) >= 11 is 5.25. The minimum Gasteiger partial charge on any atom is -0.504 e. The quantitative estimate of drug-likeness (QED) is 0.207. The number of aromatic hydroxyl groups is 4. The molecule has 0 bridgehead atoms. The van der Waals surface area contributed by atoms with E-state index in [0.717, 1.165) is 0 Å². The Morgan fingerprint density at radius 2 is 1.71 bits per heavy atom. The lowest BCUT2D eigenvalue weighted by molar-refractivity contribution is -0.145. The van der Waals surface area contributed by atoms with Gasteiger partial charge in [0.15, 0.2) is 23.0 Å². The number of rotatable bonds is 7. The monoisotopic (exact) mass is 403 g/mol. The van der Waals surface area contributed by atoms with Crippen molar-refractivity contribution in [2.45, 2.75) is 19.4 Å². The minimum atomic E-state index is -0.797. The Bertz CT molecular complexity index is 896. The fourth-order valence-electron chi connectivity index (χ4n) is 2.40. The zero-order chi connectivity index (χ0) is 20.7. The molecule has 5 N–H and O–H groups in total. The zero-order valence-electron chi connectivity index (χ0n) is 15.1. The summed E-state index contributed by atoms with van der Waals surface area (Å²) in [6.07, 6.45) is 3.34. The van der Waals surface area contributed by atoms with E-state index in [2.05, 4.69) is 5.32 Å². The Hall–Kier alpha value is -3.26. The number of thiocarbonyl (C=S) groups is 1. The van der Waals surface area contributed by atoms with Gasteiger partial charge in [0.2, 0.25) is 0 Å². The molecule has 0 radical (unpaired) electrons. The van der Waals surface area contributed by atoms with Crippen molar-refractivity contribution in [3.05, 3.63) is 53.6 Å². The minimum absolute atomic E-state index is 0.181. The van der Waals surface area contributed by atoms with Gasteiger partial charge in [-0.3, -0.25) is 0 Å². The summed E-state index contributed by atoms with van der Waals surface area (Å²) in [4.78, 5) is 12.5. The number of ether oxygens (including phenoxy) is 1. The summed E-state index contributed by atoms with van der Waals surface area (Å²) in [6.45, 7) is 1.89. The van der Waals surface area contributed by atoms with E-state index in [1.165, 1.54) is 24.3 Å². The van der Waals surface area contributed by atoms with Crippen molar-refractivity contribution in [3.63, 3.8) is 0 Å². The van der Waals surface area contributed by atoms with Gasteiger partial charge in [-0.1, -0.05) is 30.4 Å². The third-order valence-corrected chi connectivity index (χ3v) is 4.05. The third kappa shape index (κ3) is 5.88. The van der Waals surface area contributed by atoms with Crippen molar-refractivity contribution in [3.8, 4) is 23.0 Å². The van der Waals surface area contributed by atoms with Crippen LogP contribution in [0.5, 0.6) is 23.0 Å². The van der Waals surface area contributed by atoms with Crippen molar-refractivity contribution >= 4 is 29.3 Å². The summed E-state index contributed by atoms with van der Waals surface area (Å²) in [6, 6.07) is 7.80. The van der Waals surface area contributed by atoms with Crippen LogP contribution in [0.3, 0.4) is 0 Å². The van der Waals surface area contributed by atoms with Crippen LogP contribution in [-0.4, -0.2) is 44.0 Å². The molecule has 0 saturated carbocycles. The lowest BCUT2D eigenvalue weighted by Crippen LogP contribution is -2.42. The highest BCUT2D eigenvalue weighted by Crippen LogP contribution is 2.26.